The first kappa shape index (κ1) is 20.1. The zero-order valence-corrected chi connectivity index (χ0v) is 16.0. The molecule has 2 N–H and O–H groups in total. The van der Waals surface area contributed by atoms with Crippen LogP contribution in [-0.4, -0.2) is 80.1 Å². The Morgan fingerprint density at radius 3 is 2.46 bits per heavy atom. The third-order valence-electron chi connectivity index (χ3n) is 4.84. The van der Waals surface area contributed by atoms with Gasteiger partial charge in [0.25, 0.3) is 5.91 Å². The Labute approximate surface area is 163 Å². The number of nitrogens with zero attached hydrogens (tertiary/aromatic N) is 3. The molecule has 2 aliphatic rings. The van der Waals surface area contributed by atoms with Crippen molar-refractivity contribution in [2.45, 2.75) is 18.9 Å². The molecule has 1 aromatic rings. The molecule has 0 radical (unpaired) electrons. The summed E-state index contributed by atoms with van der Waals surface area (Å²) in [5, 5.41) is 5.73. The number of piperazine rings is 1. The molecular weight excluding hydrogens is 365 g/mol. The van der Waals surface area contributed by atoms with Gasteiger partial charge >= 0.3 is 0 Å². The number of amides is 2. The standard InChI is InChI=1S/C19H26FN5O3/c1-21-19(22-13-17(26)23-15-6-4-14(20)5-7-15)25-10-8-24(9-11-25)18(27)16-3-2-12-28-16/h4-7,16H,2-3,8-13H2,1H3,(H,21,22)(H,23,26). The molecule has 0 aliphatic carbocycles. The SMILES string of the molecule is CN=C(NCC(=O)Nc1ccc(F)cc1)N1CCN(C(=O)C2CCCO2)CC1. The molecule has 2 amide bonds. The van der Waals surface area contributed by atoms with Crippen LogP contribution in [0.15, 0.2) is 29.3 Å². The van der Waals surface area contributed by atoms with Crippen molar-refractivity contribution in [2.75, 3.05) is 51.7 Å². The van der Waals surface area contributed by atoms with Gasteiger partial charge in [-0.2, -0.15) is 0 Å². The number of rotatable bonds is 4. The first-order chi connectivity index (χ1) is 13.6. The van der Waals surface area contributed by atoms with Gasteiger partial charge in [0.1, 0.15) is 11.9 Å². The molecule has 2 heterocycles. The summed E-state index contributed by atoms with van der Waals surface area (Å²) < 4.78 is 18.4. The average Bonchev–Trinajstić information content (AvgIpc) is 3.25. The number of hydrogen-bond acceptors (Lipinski definition) is 4. The number of aliphatic imine (C=N–C) groups is 1. The number of anilines is 1. The number of guanidine groups is 1. The lowest BCUT2D eigenvalue weighted by Crippen LogP contribution is -2.55. The normalized spacial score (nSPS) is 20.2. The molecular formula is C19H26FN5O3. The van der Waals surface area contributed by atoms with E-state index in [4.69, 9.17) is 4.74 Å². The van der Waals surface area contributed by atoms with Gasteiger partial charge in [0, 0.05) is 45.5 Å². The van der Waals surface area contributed by atoms with Crippen LogP contribution in [0.5, 0.6) is 0 Å². The van der Waals surface area contributed by atoms with Crippen molar-refractivity contribution in [3.8, 4) is 0 Å². The highest BCUT2D eigenvalue weighted by Gasteiger charge is 2.30. The number of halogens is 1. The van der Waals surface area contributed by atoms with E-state index in [1.807, 2.05) is 9.80 Å². The molecule has 0 aromatic heterocycles. The molecule has 0 saturated carbocycles. The summed E-state index contributed by atoms with van der Waals surface area (Å²) in [6, 6.07) is 5.59. The zero-order chi connectivity index (χ0) is 19.9. The second-order valence-electron chi connectivity index (χ2n) is 6.77. The lowest BCUT2D eigenvalue weighted by Gasteiger charge is -2.37. The molecule has 9 heteroatoms. The molecule has 152 valence electrons. The average molecular weight is 391 g/mol. The highest BCUT2D eigenvalue weighted by atomic mass is 19.1. The van der Waals surface area contributed by atoms with Crippen LogP contribution in [0.4, 0.5) is 10.1 Å². The molecule has 28 heavy (non-hydrogen) atoms. The maximum Gasteiger partial charge on any atom is 0.251 e. The van der Waals surface area contributed by atoms with Gasteiger partial charge < -0.3 is 25.2 Å². The Bertz CT molecular complexity index is 711. The van der Waals surface area contributed by atoms with Crippen molar-refractivity contribution < 1.29 is 18.7 Å². The Balaban J connectivity index is 1.43. The minimum atomic E-state index is -0.353. The largest absolute Gasteiger partial charge is 0.368 e. The van der Waals surface area contributed by atoms with Crippen LogP contribution in [0.25, 0.3) is 0 Å². The predicted molar refractivity (Wildman–Crippen MR) is 104 cm³/mol. The monoisotopic (exact) mass is 391 g/mol. The molecule has 0 bridgehead atoms. The molecule has 2 aliphatic heterocycles. The van der Waals surface area contributed by atoms with Gasteiger partial charge in [0.15, 0.2) is 5.96 Å². The topological polar surface area (TPSA) is 86.3 Å². The summed E-state index contributed by atoms with van der Waals surface area (Å²) in [7, 11) is 1.66. The van der Waals surface area contributed by atoms with E-state index >= 15 is 0 Å². The number of hydrogen-bond donors (Lipinski definition) is 2. The van der Waals surface area contributed by atoms with Crippen LogP contribution in [0.1, 0.15) is 12.8 Å². The molecule has 0 spiro atoms. The number of benzene rings is 1. The molecule has 3 rings (SSSR count). The summed E-state index contributed by atoms with van der Waals surface area (Å²) in [5.74, 6) is 0.0749. The number of ether oxygens (including phenoxy) is 1. The fraction of sp³-hybridized carbons (Fsp3) is 0.526. The van der Waals surface area contributed by atoms with E-state index in [0.29, 0.717) is 44.4 Å². The quantitative estimate of drug-likeness (QED) is 0.582. The minimum Gasteiger partial charge on any atom is -0.368 e. The van der Waals surface area contributed by atoms with Crippen molar-refractivity contribution in [3.63, 3.8) is 0 Å². The molecule has 2 fully saturated rings. The van der Waals surface area contributed by atoms with Crippen LogP contribution in [-0.2, 0) is 14.3 Å². The van der Waals surface area contributed by atoms with Crippen molar-refractivity contribution in [2.24, 2.45) is 4.99 Å². The third kappa shape index (κ3) is 5.19. The van der Waals surface area contributed by atoms with Crippen LogP contribution >= 0.6 is 0 Å². The van der Waals surface area contributed by atoms with E-state index in [1.165, 1.54) is 24.3 Å². The number of carbonyl (C=O) groups is 2. The number of carbonyl (C=O) groups excluding carboxylic acids is 2. The van der Waals surface area contributed by atoms with Gasteiger partial charge in [-0.1, -0.05) is 0 Å². The van der Waals surface area contributed by atoms with Crippen LogP contribution in [0, 0.1) is 5.82 Å². The highest BCUT2D eigenvalue weighted by molar-refractivity contribution is 5.95. The lowest BCUT2D eigenvalue weighted by molar-refractivity contribution is -0.142. The Kier molecular flexibility index (Phi) is 6.80. The Morgan fingerprint density at radius 2 is 1.86 bits per heavy atom. The molecule has 1 aromatic carbocycles. The van der Waals surface area contributed by atoms with E-state index in [-0.39, 0.29) is 30.3 Å². The van der Waals surface area contributed by atoms with Crippen LogP contribution in [0.2, 0.25) is 0 Å². The van der Waals surface area contributed by atoms with Crippen LogP contribution in [0.3, 0.4) is 0 Å². The summed E-state index contributed by atoms with van der Waals surface area (Å²) in [6.07, 6.45) is 1.44. The maximum absolute atomic E-state index is 12.9. The minimum absolute atomic E-state index is 0.0408. The van der Waals surface area contributed by atoms with E-state index in [2.05, 4.69) is 15.6 Å². The van der Waals surface area contributed by atoms with Gasteiger partial charge in [-0.05, 0) is 37.1 Å². The van der Waals surface area contributed by atoms with E-state index < -0.39 is 0 Å². The first-order valence-electron chi connectivity index (χ1n) is 9.48. The lowest BCUT2D eigenvalue weighted by atomic mass is 10.2. The summed E-state index contributed by atoms with van der Waals surface area (Å²) in [6.45, 7) is 3.17. The van der Waals surface area contributed by atoms with Gasteiger partial charge in [-0.15, -0.1) is 0 Å². The van der Waals surface area contributed by atoms with Crippen molar-refractivity contribution in [1.82, 2.24) is 15.1 Å². The first-order valence-corrected chi connectivity index (χ1v) is 9.48. The van der Waals surface area contributed by atoms with E-state index in [9.17, 15) is 14.0 Å². The smallest absolute Gasteiger partial charge is 0.251 e. The van der Waals surface area contributed by atoms with Gasteiger partial charge in [0.2, 0.25) is 5.91 Å². The van der Waals surface area contributed by atoms with Crippen molar-refractivity contribution in [1.29, 1.82) is 0 Å². The zero-order valence-electron chi connectivity index (χ0n) is 16.0. The van der Waals surface area contributed by atoms with Gasteiger partial charge in [-0.3, -0.25) is 14.6 Å². The molecule has 1 atom stereocenters. The maximum atomic E-state index is 12.9. The van der Waals surface area contributed by atoms with Crippen molar-refractivity contribution in [3.05, 3.63) is 30.1 Å². The summed E-state index contributed by atoms with van der Waals surface area (Å²) >= 11 is 0. The Hall–Kier alpha value is -2.68. The highest BCUT2D eigenvalue weighted by Crippen LogP contribution is 2.16. The Morgan fingerprint density at radius 1 is 1.18 bits per heavy atom. The fourth-order valence-corrected chi connectivity index (χ4v) is 3.34. The fourth-order valence-electron chi connectivity index (χ4n) is 3.34. The van der Waals surface area contributed by atoms with Gasteiger partial charge in [-0.25, -0.2) is 4.39 Å². The number of nitrogens with one attached hydrogen (secondary N) is 2. The van der Waals surface area contributed by atoms with E-state index in [0.717, 1.165) is 12.8 Å². The molecule has 8 nitrogen and oxygen atoms in total. The molecule has 1 unspecified atom stereocenters. The van der Waals surface area contributed by atoms with E-state index in [1.54, 1.807) is 7.05 Å². The van der Waals surface area contributed by atoms with Gasteiger partial charge in [0.05, 0.1) is 6.54 Å². The second kappa shape index (κ2) is 9.50. The predicted octanol–water partition coefficient (Wildman–Crippen LogP) is 0.663. The second-order valence-corrected chi connectivity index (χ2v) is 6.77. The summed E-state index contributed by atoms with van der Waals surface area (Å²) in [4.78, 5) is 32.6. The summed E-state index contributed by atoms with van der Waals surface area (Å²) in [5.41, 5.74) is 0.532. The van der Waals surface area contributed by atoms with Crippen molar-refractivity contribution >= 4 is 23.5 Å². The third-order valence-corrected chi connectivity index (χ3v) is 4.84. The van der Waals surface area contributed by atoms with Crippen LogP contribution < -0.4 is 10.6 Å². The molecule has 2 saturated heterocycles.